The third kappa shape index (κ3) is 3.86. The standard InChI is InChI=1S/C28H29N3/c1-5-20-8-7-9-21(6-2)28(20)26-16-25-23(14-15-29)18-31(27(25)17-30-26)24-12-10-22(11-13-24)19(3)4/h7-13,16-19H,5-6,14H2,1-4H3. The van der Waals surface area contributed by atoms with Gasteiger partial charge in [0.2, 0.25) is 0 Å². The Kier molecular flexibility index (Phi) is 5.91. The van der Waals surface area contributed by atoms with E-state index in [-0.39, 0.29) is 0 Å². The molecule has 0 spiro atoms. The first kappa shape index (κ1) is 20.9. The van der Waals surface area contributed by atoms with Gasteiger partial charge in [-0.1, -0.05) is 58.0 Å². The van der Waals surface area contributed by atoms with Crippen LogP contribution in [0.3, 0.4) is 0 Å². The SMILES string of the molecule is CCc1cccc(CC)c1-c1cc2c(CC#N)cn(-c3ccc(C(C)C)cc3)c2cn1. The minimum absolute atomic E-state index is 0.382. The van der Waals surface area contributed by atoms with Gasteiger partial charge in [0, 0.05) is 22.8 Å². The van der Waals surface area contributed by atoms with Crippen molar-refractivity contribution in [2.24, 2.45) is 0 Å². The van der Waals surface area contributed by atoms with Crippen LogP contribution in [0.5, 0.6) is 0 Å². The maximum atomic E-state index is 9.43. The number of fused-ring (bicyclic) bond motifs is 1. The lowest BCUT2D eigenvalue weighted by atomic mass is 9.94. The van der Waals surface area contributed by atoms with Crippen LogP contribution in [0.4, 0.5) is 0 Å². The molecule has 0 radical (unpaired) electrons. The van der Waals surface area contributed by atoms with Gasteiger partial charge >= 0.3 is 0 Å². The molecule has 0 amide bonds. The summed E-state index contributed by atoms with van der Waals surface area (Å²) in [4.78, 5) is 4.90. The van der Waals surface area contributed by atoms with Gasteiger partial charge in [-0.3, -0.25) is 4.98 Å². The predicted octanol–water partition coefficient (Wildman–Crippen LogP) is 7.01. The Balaban J connectivity index is 1.90. The smallest absolute Gasteiger partial charge is 0.0716 e. The molecule has 0 aliphatic carbocycles. The number of nitriles is 1. The fourth-order valence-electron chi connectivity index (χ4n) is 4.36. The highest BCUT2D eigenvalue weighted by molar-refractivity contribution is 5.89. The van der Waals surface area contributed by atoms with E-state index in [1.165, 1.54) is 22.3 Å². The number of aryl methyl sites for hydroxylation is 2. The molecule has 0 aliphatic rings. The van der Waals surface area contributed by atoms with Crippen LogP contribution in [-0.2, 0) is 19.3 Å². The third-order valence-electron chi connectivity index (χ3n) is 6.14. The minimum atomic E-state index is 0.382. The van der Waals surface area contributed by atoms with E-state index >= 15 is 0 Å². The Labute approximate surface area is 185 Å². The fraction of sp³-hybridized carbons (Fsp3) is 0.286. The number of pyridine rings is 1. The minimum Gasteiger partial charge on any atom is -0.315 e. The Morgan fingerprint density at radius 2 is 1.65 bits per heavy atom. The summed E-state index contributed by atoms with van der Waals surface area (Å²) in [5, 5.41) is 10.5. The van der Waals surface area contributed by atoms with Crippen LogP contribution in [0.2, 0.25) is 0 Å². The average Bonchev–Trinajstić information content (AvgIpc) is 3.16. The van der Waals surface area contributed by atoms with E-state index in [0.717, 1.165) is 40.7 Å². The highest BCUT2D eigenvalue weighted by Gasteiger charge is 2.15. The third-order valence-corrected chi connectivity index (χ3v) is 6.14. The molecule has 2 aromatic heterocycles. The van der Waals surface area contributed by atoms with E-state index in [1.807, 2.05) is 6.20 Å². The molecule has 0 saturated heterocycles. The number of benzene rings is 2. The van der Waals surface area contributed by atoms with Crippen LogP contribution in [0.25, 0.3) is 27.8 Å². The summed E-state index contributed by atoms with van der Waals surface area (Å²) in [5.74, 6) is 0.500. The van der Waals surface area contributed by atoms with Crippen LogP contribution in [0.1, 0.15) is 55.9 Å². The van der Waals surface area contributed by atoms with E-state index in [4.69, 9.17) is 4.98 Å². The van der Waals surface area contributed by atoms with Crippen molar-refractivity contribution in [3.05, 3.63) is 83.2 Å². The number of rotatable bonds is 6. The molecule has 3 nitrogen and oxygen atoms in total. The molecule has 0 N–H and O–H groups in total. The lowest BCUT2D eigenvalue weighted by Crippen LogP contribution is -1.97. The van der Waals surface area contributed by atoms with Gasteiger partial charge in [-0.05, 0) is 59.2 Å². The van der Waals surface area contributed by atoms with Gasteiger partial charge in [0.15, 0.2) is 0 Å². The number of hydrogen-bond donors (Lipinski definition) is 0. The maximum absolute atomic E-state index is 9.43. The van der Waals surface area contributed by atoms with Crippen molar-refractivity contribution in [1.82, 2.24) is 9.55 Å². The van der Waals surface area contributed by atoms with Crippen molar-refractivity contribution in [2.45, 2.75) is 52.9 Å². The fourth-order valence-corrected chi connectivity index (χ4v) is 4.36. The van der Waals surface area contributed by atoms with Gasteiger partial charge in [-0.15, -0.1) is 0 Å². The summed E-state index contributed by atoms with van der Waals surface area (Å²) < 4.78 is 2.16. The lowest BCUT2D eigenvalue weighted by molar-refractivity contribution is 0.865. The van der Waals surface area contributed by atoms with Gasteiger partial charge < -0.3 is 4.57 Å². The van der Waals surface area contributed by atoms with Gasteiger partial charge in [0.25, 0.3) is 0 Å². The Hall–Kier alpha value is -3.38. The van der Waals surface area contributed by atoms with Gasteiger partial charge in [-0.2, -0.15) is 5.26 Å². The number of nitrogens with zero attached hydrogens (tertiary/aromatic N) is 3. The molecular formula is C28H29N3. The van der Waals surface area contributed by atoms with Crippen LogP contribution < -0.4 is 0 Å². The van der Waals surface area contributed by atoms with Crippen molar-refractivity contribution in [3.63, 3.8) is 0 Å². The zero-order chi connectivity index (χ0) is 22.0. The van der Waals surface area contributed by atoms with E-state index in [0.29, 0.717) is 12.3 Å². The summed E-state index contributed by atoms with van der Waals surface area (Å²) >= 11 is 0. The molecule has 0 atom stereocenters. The molecule has 0 bridgehead atoms. The molecule has 4 rings (SSSR count). The molecule has 0 fully saturated rings. The molecule has 156 valence electrons. The second-order valence-corrected chi connectivity index (χ2v) is 8.35. The van der Waals surface area contributed by atoms with Crippen molar-refractivity contribution in [3.8, 4) is 23.0 Å². The van der Waals surface area contributed by atoms with E-state index in [1.54, 1.807) is 0 Å². The summed E-state index contributed by atoms with van der Waals surface area (Å²) in [6.07, 6.45) is 6.38. The van der Waals surface area contributed by atoms with E-state index in [9.17, 15) is 5.26 Å². The second-order valence-electron chi connectivity index (χ2n) is 8.35. The predicted molar refractivity (Wildman–Crippen MR) is 129 cm³/mol. The molecular weight excluding hydrogens is 378 g/mol. The van der Waals surface area contributed by atoms with Crippen molar-refractivity contribution in [2.75, 3.05) is 0 Å². The van der Waals surface area contributed by atoms with Crippen LogP contribution in [-0.4, -0.2) is 9.55 Å². The quantitative estimate of drug-likeness (QED) is 0.345. The zero-order valence-corrected chi connectivity index (χ0v) is 18.8. The first-order valence-corrected chi connectivity index (χ1v) is 11.2. The van der Waals surface area contributed by atoms with Crippen molar-refractivity contribution in [1.29, 1.82) is 5.26 Å². The van der Waals surface area contributed by atoms with E-state index in [2.05, 4.69) is 93.1 Å². The highest BCUT2D eigenvalue weighted by atomic mass is 15.0. The van der Waals surface area contributed by atoms with Gasteiger partial charge in [-0.25, -0.2) is 0 Å². The second kappa shape index (κ2) is 8.78. The van der Waals surface area contributed by atoms with Crippen LogP contribution in [0, 0.1) is 11.3 Å². The number of aromatic nitrogens is 2. The summed E-state index contributed by atoms with van der Waals surface area (Å²) in [6.45, 7) is 8.79. The maximum Gasteiger partial charge on any atom is 0.0716 e. The van der Waals surface area contributed by atoms with E-state index < -0.39 is 0 Å². The molecule has 4 aromatic rings. The molecule has 0 saturated carbocycles. The Bertz CT molecular complexity index is 1230. The molecule has 31 heavy (non-hydrogen) atoms. The summed E-state index contributed by atoms with van der Waals surface area (Å²) in [6, 6.07) is 19.7. The molecule has 2 heterocycles. The largest absolute Gasteiger partial charge is 0.315 e. The molecule has 2 aromatic carbocycles. The highest BCUT2D eigenvalue weighted by Crippen LogP contribution is 2.32. The Morgan fingerprint density at radius 1 is 0.968 bits per heavy atom. The van der Waals surface area contributed by atoms with Crippen molar-refractivity contribution < 1.29 is 0 Å². The first-order valence-electron chi connectivity index (χ1n) is 11.2. The lowest BCUT2D eigenvalue weighted by Gasteiger charge is -2.13. The topological polar surface area (TPSA) is 41.6 Å². The van der Waals surface area contributed by atoms with Gasteiger partial charge in [0.05, 0.1) is 29.9 Å². The average molecular weight is 408 g/mol. The van der Waals surface area contributed by atoms with Gasteiger partial charge in [0.1, 0.15) is 0 Å². The monoisotopic (exact) mass is 407 g/mol. The molecule has 0 aliphatic heterocycles. The summed E-state index contributed by atoms with van der Waals surface area (Å²) in [7, 11) is 0. The Morgan fingerprint density at radius 3 is 2.23 bits per heavy atom. The van der Waals surface area contributed by atoms with Crippen LogP contribution in [0.15, 0.2) is 60.9 Å². The zero-order valence-electron chi connectivity index (χ0n) is 18.8. The van der Waals surface area contributed by atoms with Crippen LogP contribution >= 0.6 is 0 Å². The summed E-state index contributed by atoms with van der Waals surface area (Å²) in [5.41, 5.74) is 9.37. The normalized spacial score (nSPS) is 11.2. The first-order chi connectivity index (χ1) is 15.1. The van der Waals surface area contributed by atoms with Crippen molar-refractivity contribution >= 4 is 10.9 Å². The molecule has 0 unspecified atom stereocenters. The number of hydrogen-bond acceptors (Lipinski definition) is 2. The molecule has 3 heteroatoms.